The summed E-state index contributed by atoms with van der Waals surface area (Å²) in [5, 5.41) is 11.8. The number of carbonyl (C=O) groups excluding carboxylic acids is 1. The van der Waals surface area contributed by atoms with E-state index in [2.05, 4.69) is 11.4 Å². The van der Waals surface area contributed by atoms with Crippen LogP contribution in [0.25, 0.3) is 11.1 Å². The van der Waals surface area contributed by atoms with Crippen LogP contribution in [0.4, 0.5) is 0 Å². The third-order valence-corrected chi connectivity index (χ3v) is 3.69. The van der Waals surface area contributed by atoms with Gasteiger partial charge in [-0.15, -0.1) is 0 Å². The second kappa shape index (κ2) is 8.11. The van der Waals surface area contributed by atoms with Gasteiger partial charge in [0.05, 0.1) is 24.3 Å². The largest absolute Gasteiger partial charge is 0.383 e. The predicted molar refractivity (Wildman–Crippen MR) is 90.0 cm³/mol. The minimum absolute atomic E-state index is 0.0192. The molecule has 0 bridgehead atoms. The molecule has 1 N–H and O–H groups in total. The van der Waals surface area contributed by atoms with Gasteiger partial charge in [-0.3, -0.25) is 4.79 Å². The molecular formula is C19H20N2O2. The summed E-state index contributed by atoms with van der Waals surface area (Å²) >= 11 is 0. The van der Waals surface area contributed by atoms with Gasteiger partial charge in [-0.1, -0.05) is 31.2 Å². The van der Waals surface area contributed by atoms with Gasteiger partial charge in [0.25, 0.3) is 5.91 Å². The van der Waals surface area contributed by atoms with Crippen molar-refractivity contribution in [3.8, 4) is 17.2 Å². The topological polar surface area (TPSA) is 62.1 Å². The maximum Gasteiger partial charge on any atom is 0.251 e. The molecule has 0 aromatic heterocycles. The van der Waals surface area contributed by atoms with E-state index in [0.717, 1.165) is 17.5 Å². The number of carbonyl (C=O) groups is 1. The quantitative estimate of drug-likeness (QED) is 0.890. The Morgan fingerprint density at radius 2 is 1.70 bits per heavy atom. The molecule has 0 saturated carbocycles. The lowest BCUT2D eigenvalue weighted by Gasteiger charge is -2.16. The molecule has 2 aromatic carbocycles. The molecule has 0 fully saturated rings. The molecule has 118 valence electrons. The van der Waals surface area contributed by atoms with Crippen LogP contribution < -0.4 is 5.32 Å². The number of hydrogen-bond acceptors (Lipinski definition) is 3. The first-order chi connectivity index (χ1) is 11.2. The second-order valence-corrected chi connectivity index (χ2v) is 5.30. The van der Waals surface area contributed by atoms with E-state index in [1.807, 2.05) is 43.3 Å². The molecule has 4 heteroatoms. The number of benzene rings is 2. The normalized spacial score (nSPS) is 11.5. The van der Waals surface area contributed by atoms with Gasteiger partial charge < -0.3 is 10.1 Å². The zero-order chi connectivity index (χ0) is 16.7. The van der Waals surface area contributed by atoms with Crippen molar-refractivity contribution in [3.05, 3.63) is 59.7 Å². The number of amides is 1. The number of nitriles is 1. The molecule has 2 aromatic rings. The SMILES string of the molecule is CC[C@@H](COC)NC(=O)c1ccc(-c2ccc(C#N)cc2)cc1. The minimum atomic E-state index is -0.0970. The Kier molecular flexibility index (Phi) is 5.90. The fourth-order valence-corrected chi connectivity index (χ4v) is 2.28. The van der Waals surface area contributed by atoms with E-state index in [0.29, 0.717) is 17.7 Å². The summed E-state index contributed by atoms with van der Waals surface area (Å²) in [6.45, 7) is 2.52. The zero-order valence-electron chi connectivity index (χ0n) is 13.4. The summed E-state index contributed by atoms with van der Waals surface area (Å²) in [4.78, 5) is 12.2. The number of hydrogen-bond donors (Lipinski definition) is 1. The molecule has 1 atom stereocenters. The van der Waals surface area contributed by atoms with Crippen LogP contribution in [0.15, 0.2) is 48.5 Å². The molecule has 0 radical (unpaired) electrons. The van der Waals surface area contributed by atoms with Crippen LogP contribution in [0, 0.1) is 11.3 Å². The number of methoxy groups -OCH3 is 1. The maximum atomic E-state index is 12.2. The Morgan fingerprint density at radius 1 is 1.13 bits per heavy atom. The van der Waals surface area contributed by atoms with Gasteiger partial charge in [-0.25, -0.2) is 0 Å². The Balaban J connectivity index is 2.09. The summed E-state index contributed by atoms with van der Waals surface area (Å²) in [5.74, 6) is -0.0970. The van der Waals surface area contributed by atoms with Crippen molar-refractivity contribution in [2.24, 2.45) is 0 Å². The molecular weight excluding hydrogens is 288 g/mol. The predicted octanol–water partition coefficient (Wildman–Crippen LogP) is 3.38. The summed E-state index contributed by atoms with van der Waals surface area (Å²) in [6.07, 6.45) is 0.822. The van der Waals surface area contributed by atoms with Gasteiger partial charge in [-0.05, 0) is 41.8 Å². The molecule has 2 rings (SSSR count). The molecule has 0 spiro atoms. The van der Waals surface area contributed by atoms with Gasteiger partial charge in [0.2, 0.25) is 0 Å². The lowest BCUT2D eigenvalue weighted by Crippen LogP contribution is -2.37. The van der Waals surface area contributed by atoms with Gasteiger partial charge in [-0.2, -0.15) is 5.26 Å². The van der Waals surface area contributed by atoms with Crippen LogP contribution in [0.5, 0.6) is 0 Å². The van der Waals surface area contributed by atoms with Crippen LogP contribution in [-0.4, -0.2) is 25.7 Å². The molecule has 4 nitrogen and oxygen atoms in total. The molecule has 0 unspecified atom stereocenters. The summed E-state index contributed by atoms with van der Waals surface area (Å²) in [5.41, 5.74) is 3.28. The van der Waals surface area contributed by atoms with Crippen LogP contribution in [0.2, 0.25) is 0 Å². The minimum Gasteiger partial charge on any atom is -0.383 e. The Hall–Kier alpha value is -2.64. The second-order valence-electron chi connectivity index (χ2n) is 5.30. The van der Waals surface area contributed by atoms with Crippen LogP contribution in [0.3, 0.4) is 0 Å². The van der Waals surface area contributed by atoms with Gasteiger partial charge >= 0.3 is 0 Å². The van der Waals surface area contributed by atoms with Crippen molar-refractivity contribution in [2.75, 3.05) is 13.7 Å². The number of rotatable bonds is 6. The first kappa shape index (κ1) is 16.7. The van der Waals surface area contributed by atoms with E-state index >= 15 is 0 Å². The summed E-state index contributed by atoms with van der Waals surface area (Å²) < 4.78 is 5.09. The van der Waals surface area contributed by atoms with E-state index in [4.69, 9.17) is 10.00 Å². The summed E-state index contributed by atoms with van der Waals surface area (Å²) in [7, 11) is 1.63. The van der Waals surface area contributed by atoms with E-state index < -0.39 is 0 Å². The smallest absolute Gasteiger partial charge is 0.251 e. The maximum absolute atomic E-state index is 12.2. The molecule has 0 aliphatic rings. The zero-order valence-corrected chi connectivity index (χ0v) is 13.4. The van der Waals surface area contributed by atoms with Crippen molar-refractivity contribution in [1.29, 1.82) is 5.26 Å². The van der Waals surface area contributed by atoms with Crippen molar-refractivity contribution in [1.82, 2.24) is 5.32 Å². The van der Waals surface area contributed by atoms with Gasteiger partial charge in [0.1, 0.15) is 0 Å². The average molecular weight is 308 g/mol. The first-order valence-corrected chi connectivity index (χ1v) is 7.58. The van der Waals surface area contributed by atoms with E-state index in [1.54, 1.807) is 19.2 Å². The Bertz CT molecular complexity index is 685. The van der Waals surface area contributed by atoms with Gasteiger partial charge in [0, 0.05) is 12.7 Å². The molecule has 0 heterocycles. The lowest BCUT2D eigenvalue weighted by molar-refractivity contribution is 0.0894. The highest BCUT2D eigenvalue weighted by atomic mass is 16.5. The fourth-order valence-electron chi connectivity index (χ4n) is 2.28. The van der Waals surface area contributed by atoms with Crippen LogP contribution in [-0.2, 0) is 4.74 Å². The van der Waals surface area contributed by atoms with Crippen molar-refractivity contribution >= 4 is 5.91 Å². The highest BCUT2D eigenvalue weighted by Gasteiger charge is 2.12. The Morgan fingerprint density at radius 3 is 2.17 bits per heavy atom. The molecule has 0 saturated heterocycles. The average Bonchev–Trinajstić information content (AvgIpc) is 2.61. The molecule has 0 aliphatic heterocycles. The van der Waals surface area contributed by atoms with Crippen LogP contribution >= 0.6 is 0 Å². The molecule has 0 aliphatic carbocycles. The third kappa shape index (κ3) is 4.41. The van der Waals surface area contributed by atoms with Crippen molar-refractivity contribution in [3.63, 3.8) is 0 Å². The Labute approximate surface area is 136 Å². The number of nitrogens with zero attached hydrogens (tertiary/aromatic N) is 1. The monoisotopic (exact) mass is 308 g/mol. The summed E-state index contributed by atoms with van der Waals surface area (Å²) in [6, 6.07) is 16.9. The van der Waals surface area contributed by atoms with Crippen molar-refractivity contribution in [2.45, 2.75) is 19.4 Å². The lowest BCUT2D eigenvalue weighted by atomic mass is 10.0. The number of nitrogens with one attached hydrogen (secondary N) is 1. The highest BCUT2D eigenvalue weighted by molar-refractivity contribution is 5.94. The van der Waals surface area contributed by atoms with Crippen LogP contribution in [0.1, 0.15) is 29.3 Å². The van der Waals surface area contributed by atoms with Gasteiger partial charge in [0.15, 0.2) is 0 Å². The highest BCUT2D eigenvalue weighted by Crippen LogP contribution is 2.20. The molecule has 1 amide bonds. The van der Waals surface area contributed by atoms with Crippen molar-refractivity contribution < 1.29 is 9.53 Å². The van der Waals surface area contributed by atoms with E-state index in [-0.39, 0.29) is 11.9 Å². The molecule has 23 heavy (non-hydrogen) atoms. The van der Waals surface area contributed by atoms with E-state index in [9.17, 15) is 4.79 Å². The number of ether oxygens (including phenoxy) is 1. The third-order valence-electron chi connectivity index (χ3n) is 3.69. The standard InChI is InChI=1S/C19H20N2O2/c1-3-18(13-23-2)21-19(22)17-10-8-16(9-11-17)15-6-4-14(12-20)5-7-15/h4-11,18H,3,13H2,1-2H3,(H,21,22)/t18-/m0/s1. The first-order valence-electron chi connectivity index (χ1n) is 7.58. The van der Waals surface area contributed by atoms with E-state index in [1.165, 1.54) is 0 Å². The fraction of sp³-hybridized carbons (Fsp3) is 0.263.